The second-order valence-corrected chi connectivity index (χ2v) is 22.9. The van der Waals surface area contributed by atoms with E-state index in [-0.39, 0.29) is 42.2 Å². The first kappa shape index (κ1) is 43.1. The van der Waals surface area contributed by atoms with E-state index in [9.17, 15) is 14.4 Å². The van der Waals surface area contributed by atoms with Crippen molar-refractivity contribution in [2.75, 3.05) is 13.2 Å². The van der Waals surface area contributed by atoms with Crippen molar-refractivity contribution in [2.45, 2.75) is 122 Å². The summed E-state index contributed by atoms with van der Waals surface area (Å²) in [6.07, 6.45) is 3.44. The first-order valence-electron chi connectivity index (χ1n) is 21.4. The number of aryl methyl sites for hydroxylation is 1. The van der Waals surface area contributed by atoms with Crippen molar-refractivity contribution in [1.29, 1.82) is 0 Å². The summed E-state index contributed by atoms with van der Waals surface area (Å²) >= 11 is 0. The molecule has 1 aliphatic carbocycles. The lowest BCUT2D eigenvalue weighted by molar-refractivity contribution is -0.156. The summed E-state index contributed by atoms with van der Waals surface area (Å²) in [4.78, 5) is 45.2. The van der Waals surface area contributed by atoms with E-state index in [1.165, 1.54) is 23.0 Å². The topological polar surface area (TPSA) is 131 Å². The normalized spacial score (nSPS) is 18.4. The predicted octanol–water partition coefficient (Wildman–Crippen LogP) is 10.2. The number of unbranched alkanes of at least 4 members (excludes halogenated alkanes) is 2. The van der Waals surface area contributed by atoms with Gasteiger partial charge in [0.15, 0.2) is 8.32 Å². The van der Waals surface area contributed by atoms with Crippen LogP contribution in [-0.2, 0) is 29.9 Å². The zero-order valence-corrected chi connectivity index (χ0v) is 37.2. The second-order valence-electron chi connectivity index (χ2n) is 18.1. The molecule has 0 radical (unpaired) electrons. The molecule has 318 valence electrons. The lowest BCUT2D eigenvalue weighted by Gasteiger charge is -2.37. The van der Waals surface area contributed by atoms with Gasteiger partial charge in [0.1, 0.15) is 36.8 Å². The number of nitrogens with one attached hydrogen (secondary N) is 1. The van der Waals surface area contributed by atoms with Gasteiger partial charge in [0, 0.05) is 24.1 Å². The van der Waals surface area contributed by atoms with Crippen molar-refractivity contribution in [2.24, 2.45) is 5.92 Å². The maximum Gasteiger partial charge on any atom is 0.407 e. The first-order valence-corrected chi connectivity index (χ1v) is 24.3. The highest BCUT2D eigenvalue weighted by atomic mass is 28.4. The third kappa shape index (κ3) is 9.30. The highest BCUT2D eigenvalue weighted by Gasteiger charge is 2.44. The van der Waals surface area contributed by atoms with Crippen LogP contribution in [0, 0.1) is 5.92 Å². The molecule has 3 aromatic carbocycles. The molecule has 0 spiro atoms. The number of benzene rings is 3. The number of esters is 1. The molecule has 2 aromatic heterocycles. The number of alkyl carbamates (subject to hydrolysis) is 1. The average molecular weight is 834 g/mol. The number of hydrogen-bond acceptors (Lipinski definition) is 9. The molecule has 12 heteroatoms. The number of carbonyl (C=O) groups excluding carboxylic acids is 2. The summed E-state index contributed by atoms with van der Waals surface area (Å²) in [5.74, 6) is -0.459. The molecule has 1 aliphatic heterocycles. The van der Waals surface area contributed by atoms with Crippen LogP contribution in [0.1, 0.15) is 96.1 Å². The predicted molar refractivity (Wildman–Crippen MR) is 235 cm³/mol. The van der Waals surface area contributed by atoms with Crippen molar-refractivity contribution < 1.29 is 32.6 Å². The molecule has 5 aromatic rings. The largest absolute Gasteiger partial charge is 0.458 e. The highest BCUT2D eigenvalue weighted by Crippen LogP contribution is 2.44. The Morgan fingerprint density at radius 2 is 1.62 bits per heavy atom. The van der Waals surface area contributed by atoms with Gasteiger partial charge in [0.2, 0.25) is 5.71 Å². The minimum atomic E-state index is -2.25. The molecule has 2 aliphatic rings. The van der Waals surface area contributed by atoms with Crippen molar-refractivity contribution in [3.05, 3.63) is 112 Å². The number of hydrogen-bond donors (Lipinski definition) is 1. The van der Waals surface area contributed by atoms with E-state index in [0.29, 0.717) is 11.1 Å². The molecule has 4 atom stereocenters. The Hall–Kier alpha value is -5.04. The fourth-order valence-corrected chi connectivity index (χ4v) is 8.84. The van der Waals surface area contributed by atoms with Crippen molar-refractivity contribution in [3.8, 4) is 22.5 Å². The molecular formula is C48H59N3O8Si. The van der Waals surface area contributed by atoms with Gasteiger partial charge in [0.05, 0.1) is 12.0 Å². The van der Waals surface area contributed by atoms with Crippen molar-refractivity contribution in [3.63, 3.8) is 0 Å². The van der Waals surface area contributed by atoms with E-state index in [4.69, 9.17) is 23.1 Å². The standard InChI is InChI=1S/C48H59N3O8Si/c1-9-10-11-16-31-21-23-32(24-22-31)39-25-33-27-51(46(53)50-44(33)58-39)42-26-40(41(57-42)29-56-60(7,8)48(4,5)6)59-45(52)43(30(2)3)49-47(54)55-28-38-36-19-14-12-17-34(36)35-18-13-15-20-37(35)38/h12-15,17-25,27,30,38,40-43H,9-11,16,26,28-29H2,1-8H3,(H,49,54)/t40?,41-,42-,43?/m1/s1. The number of ether oxygens (including phenoxy) is 3. The van der Waals surface area contributed by atoms with E-state index in [1.54, 1.807) is 6.20 Å². The van der Waals surface area contributed by atoms with Gasteiger partial charge < -0.3 is 28.4 Å². The van der Waals surface area contributed by atoms with Gasteiger partial charge in [-0.1, -0.05) is 127 Å². The van der Waals surface area contributed by atoms with Crippen LogP contribution in [0.3, 0.4) is 0 Å². The molecule has 1 amide bonds. The lowest BCUT2D eigenvalue weighted by Crippen LogP contribution is -2.48. The summed E-state index contributed by atoms with van der Waals surface area (Å²) in [6.45, 7) is 16.9. The van der Waals surface area contributed by atoms with Crippen LogP contribution in [0.2, 0.25) is 18.1 Å². The van der Waals surface area contributed by atoms with Crippen molar-refractivity contribution in [1.82, 2.24) is 14.9 Å². The van der Waals surface area contributed by atoms with Gasteiger partial charge in [-0.05, 0) is 70.8 Å². The third-order valence-corrected chi connectivity index (χ3v) is 17.0. The maximum absolute atomic E-state index is 14.0. The molecule has 3 heterocycles. The quantitative estimate of drug-likeness (QED) is 0.0622. The molecule has 2 unspecified atom stereocenters. The minimum absolute atomic E-state index is 0.0763. The molecule has 7 rings (SSSR count). The zero-order valence-electron chi connectivity index (χ0n) is 36.2. The SMILES string of the molecule is CCCCCc1ccc(-c2cc3cn([C@H]4CC(OC(=O)C(NC(=O)OCC5c6ccccc6-c6ccccc65)C(C)C)[C@@H](CO[Si](C)(C)C(C)(C)C)O4)c(=O)nc3o2)cc1. The number of fused-ring (bicyclic) bond motifs is 4. The molecule has 0 saturated carbocycles. The fourth-order valence-electron chi connectivity index (χ4n) is 7.83. The van der Waals surface area contributed by atoms with Crippen LogP contribution in [0.5, 0.6) is 0 Å². The van der Waals surface area contributed by atoms with Crippen LogP contribution in [0.15, 0.2) is 94.3 Å². The molecule has 11 nitrogen and oxygen atoms in total. The van der Waals surface area contributed by atoms with Crippen LogP contribution < -0.4 is 11.0 Å². The van der Waals surface area contributed by atoms with Crippen molar-refractivity contribution >= 4 is 31.5 Å². The molecule has 1 saturated heterocycles. The van der Waals surface area contributed by atoms with Crippen LogP contribution >= 0.6 is 0 Å². The number of aromatic nitrogens is 2. The second kappa shape index (κ2) is 17.9. The summed E-state index contributed by atoms with van der Waals surface area (Å²) < 4.78 is 32.6. The smallest absolute Gasteiger partial charge is 0.407 e. The van der Waals surface area contributed by atoms with Gasteiger partial charge in [0.25, 0.3) is 0 Å². The highest BCUT2D eigenvalue weighted by molar-refractivity contribution is 6.74. The number of rotatable bonds is 15. The molecular weight excluding hydrogens is 775 g/mol. The Labute approximate surface area is 353 Å². The summed E-state index contributed by atoms with van der Waals surface area (Å²) in [5.41, 5.74) is 6.29. The molecule has 0 bridgehead atoms. The Morgan fingerprint density at radius 1 is 0.950 bits per heavy atom. The van der Waals surface area contributed by atoms with Crippen LogP contribution in [0.25, 0.3) is 33.6 Å². The zero-order chi connectivity index (χ0) is 42.8. The van der Waals surface area contributed by atoms with Gasteiger partial charge in [-0.3, -0.25) is 4.57 Å². The Morgan fingerprint density at radius 3 is 2.25 bits per heavy atom. The molecule has 1 N–H and O–H groups in total. The minimum Gasteiger partial charge on any atom is -0.458 e. The third-order valence-electron chi connectivity index (χ3n) is 12.5. The first-order chi connectivity index (χ1) is 28.6. The molecule has 60 heavy (non-hydrogen) atoms. The Balaban J connectivity index is 1.06. The average Bonchev–Trinajstić information content (AvgIpc) is 3.91. The van der Waals surface area contributed by atoms with Gasteiger partial charge in [-0.25, -0.2) is 14.4 Å². The van der Waals surface area contributed by atoms with E-state index in [2.05, 4.69) is 87.5 Å². The van der Waals surface area contributed by atoms with E-state index < -0.39 is 50.5 Å². The number of furan rings is 1. The summed E-state index contributed by atoms with van der Waals surface area (Å²) in [5, 5.41) is 3.34. The van der Waals surface area contributed by atoms with Gasteiger partial charge >= 0.3 is 17.8 Å². The number of carbonyl (C=O) groups is 2. The summed E-state index contributed by atoms with van der Waals surface area (Å²) in [7, 11) is -2.25. The molecule has 1 fully saturated rings. The van der Waals surface area contributed by atoms with Crippen LogP contribution in [-0.4, -0.2) is 61.4 Å². The Bertz CT molecular complexity index is 2320. The lowest BCUT2D eigenvalue weighted by atomic mass is 9.98. The maximum atomic E-state index is 14.0. The van der Waals surface area contributed by atoms with E-state index in [0.717, 1.165) is 40.7 Å². The van der Waals surface area contributed by atoms with Gasteiger partial charge in [-0.2, -0.15) is 4.98 Å². The van der Waals surface area contributed by atoms with E-state index >= 15 is 0 Å². The number of amides is 1. The van der Waals surface area contributed by atoms with E-state index in [1.807, 2.05) is 56.3 Å². The van der Waals surface area contributed by atoms with Gasteiger partial charge in [-0.15, -0.1) is 0 Å². The van der Waals surface area contributed by atoms with Crippen LogP contribution in [0.4, 0.5) is 4.79 Å². The monoisotopic (exact) mass is 833 g/mol. The fraction of sp³-hybridized carbons (Fsp3) is 0.458. The summed E-state index contributed by atoms with van der Waals surface area (Å²) in [6, 6.07) is 25.4. The Kier molecular flexibility index (Phi) is 12.8. The number of nitrogens with zero attached hydrogens (tertiary/aromatic N) is 2.